The molecule has 0 spiro atoms. The Balaban J connectivity index is 1.28. The molecule has 0 bridgehead atoms. The minimum atomic E-state index is -0.324. The zero-order chi connectivity index (χ0) is 41.4. The van der Waals surface area contributed by atoms with E-state index in [2.05, 4.69) is 200 Å². The molecule has 0 N–H and O–H groups in total. The summed E-state index contributed by atoms with van der Waals surface area (Å²) in [6.45, 7) is 11.5. The van der Waals surface area contributed by atoms with Gasteiger partial charge in [0.05, 0.1) is 22.1 Å². The summed E-state index contributed by atoms with van der Waals surface area (Å²) >= 11 is 0. The maximum Gasteiger partial charge on any atom is 0.179 e. The molecule has 6 aromatic carbocycles. The van der Waals surface area contributed by atoms with E-state index in [-0.39, 0.29) is 23.7 Å². The number of benzene rings is 6. The number of nitrogens with zero attached hydrogens (tertiary/aromatic N) is 8. The van der Waals surface area contributed by atoms with Crippen LogP contribution in [0.3, 0.4) is 0 Å². The van der Waals surface area contributed by atoms with Gasteiger partial charge in [0.1, 0.15) is 12.3 Å². The van der Waals surface area contributed by atoms with E-state index in [9.17, 15) is 0 Å². The minimum absolute atomic E-state index is 0.105. The van der Waals surface area contributed by atoms with Gasteiger partial charge in [-0.3, -0.25) is 0 Å². The first-order valence-corrected chi connectivity index (χ1v) is 22.0. The highest BCUT2D eigenvalue weighted by Crippen LogP contribution is 2.63. The van der Waals surface area contributed by atoms with Crippen LogP contribution in [0.1, 0.15) is 62.8 Å². The SMILES string of the molecule is CCc1ccc(N2c3nc4ccccc4nc3N(c3ccc(CC)cc3C)C2C2C3N(c4ccccc4)c4nc5ccccc5nc4N3c3ccccc3C2(CC)CC)cc1. The van der Waals surface area contributed by atoms with Gasteiger partial charge in [-0.15, -0.1) is 0 Å². The molecule has 0 amide bonds. The molecule has 11 rings (SSSR count). The Hall–Kier alpha value is -6.80. The van der Waals surface area contributed by atoms with Crippen molar-refractivity contribution in [2.45, 2.75) is 78.0 Å². The molecule has 8 heteroatoms. The number of anilines is 8. The molecule has 0 aliphatic carbocycles. The number of fused-ring (bicyclic) bond motifs is 8. The maximum absolute atomic E-state index is 5.60. The van der Waals surface area contributed by atoms with Gasteiger partial charge in [0.2, 0.25) is 0 Å². The second kappa shape index (κ2) is 14.4. The zero-order valence-corrected chi connectivity index (χ0v) is 35.5. The molecular weight excluding hydrogens is 749 g/mol. The van der Waals surface area contributed by atoms with Gasteiger partial charge in [0, 0.05) is 34.1 Å². The molecular formula is C53H50N8. The molecule has 0 saturated carbocycles. The first-order chi connectivity index (χ1) is 30.0. The number of para-hydroxylation sites is 6. The van der Waals surface area contributed by atoms with E-state index < -0.39 is 0 Å². The molecule has 0 radical (unpaired) electrons. The van der Waals surface area contributed by atoms with Gasteiger partial charge in [-0.1, -0.05) is 113 Å². The van der Waals surface area contributed by atoms with Gasteiger partial charge in [-0.25, -0.2) is 19.9 Å². The molecule has 0 saturated heterocycles. The smallest absolute Gasteiger partial charge is 0.179 e. The maximum atomic E-state index is 5.60. The highest BCUT2D eigenvalue weighted by atomic mass is 15.5. The largest absolute Gasteiger partial charge is 0.301 e. The fraction of sp³-hybridized carbons (Fsp3) is 0.245. The third-order valence-corrected chi connectivity index (χ3v) is 13.9. The molecule has 3 atom stereocenters. The molecule has 8 aromatic rings. The van der Waals surface area contributed by atoms with Crippen molar-refractivity contribution in [3.63, 3.8) is 0 Å². The molecule has 302 valence electrons. The van der Waals surface area contributed by atoms with Gasteiger partial charge in [-0.2, -0.15) is 0 Å². The lowest BCUT2D eigenvalue weighted by Gasteiger charge is -2.57. The highest BCUT2D eigenvalue weighted by molar-refractivity contribution is 5.94. The van der Waals surface area contributed by atoms with Crippen LogP contribution < -0.4 is 19.6 Å². The standard InChI is InChI=1S/C53H50N8/c1-6-35-27-30-38(31-28-35)59-47-49(56-42-24-16-14-22-40(42)54-47)60(44-32-29-36(7-2)33-34(44)5)51(59)46-52-58(37-19-11-10-12-20-37)48-50(57-43-25-17-15-23-41(43)55-48)61(52)45-26-18-13-21-39(45)53(46,8-3)9-4/h10-33,46,51-52H,6-9H2,1-5H3. The predicted molar refractivity (Wildman–Crippen MR) is 250 cm³/mol. The molecule has 8 nitrogen and oxygen atoms in total. The van der Waals surface area contributed by atoms with Gasteiger partial charge in [-0.05, 0) is 116 Å². The van der Waals surface area contributed by atoms with Crippen molar-refractivity contribution in [1.29, 1.82) is 0 Å². The Bertz CT molecular complexity index is 2940. The summed E-state index contributed by atoms with van der Waals surface area (Å²) in [7, 11) is 0. The van der Waals surface area contributed by atoms with Crippen molar-refractivity contribution < 1.29 is 0 Å². The van der Waals surface area contributed by atoms with Crippen LogP contribution in [0.25, 0.3) is 22.1 Å². The summed E-state index contributed by atoms with van der Waals surface area (Å²) in [6, 6.07) is 52.7. The summed E-state index contributed by atoms with van der Waals surface area (Å²) < 4.78 is 0. The van der Waals surface area contributed by atoms with Gasteiger partial charge in [0.15, 0.2) is 23.3 Å². The summed E-state index contributed by atoms with van der Waals surface area (Å²) in [6.07, 6.45) is 3.22. The lowest BCUT2D eigenvalue weighted by Crippen LogP contribution is -2.65. The predicted octanol–water partition coefficient (Wildman–Crippen LogP) is 12.6. The molecule has 3 aliphatic rings. The van der Waals surface area contributed by atoms with Crippen LogP contribution in [0.5, 0.6) is 0 Å². The fourth-order valence-electron chi connectivity index (χ4n) is 10.8. The Morgan fingerprint density at radius 1 is 0.443 bits per heavy atom. The van der Waals surface area contributed by atoms with Crippen molar-refractivity contribution in [2.75, 3.05) is 19.6 Å². The first-order valence-electron chi connectivity index (χ1n) is 22.0. The van der Waals surface area contributed by atoms with Crippen LogP contribution in [0.2, 0.25) is 0 Å². The lowest BCUT2D eigenvalue weighted by atomic mass is 9.61. The molecule has 3 unspecified atom stereocenters. The third-order valence-electron chi connectivity index (χ3n) is 13.9. The second-order valence-corrected chi connectivity index (χ2v) is 16.8. The molecule has 0 fully saturated rings. The molecule has 61 heavy (non-hydrogen) atoms. The van der Waals surface area contributed by atoms with Crippen molar-refractivity contribution in [2.24, 2.45) is 5.92 Å². The van der Waals surface area contributed by atoms with Crippen LogP contribution in [-0.4, -0.2) is 32.3 Å². The number of aromatic nitrogens is 4. The summed E-state index contributed by atoms with van der Waals surface area (Å²) in [5, 5.41) is 0. The van der Waals surface area contributed by atoms with Crippen molar-refractivity contribution >= 4 is 68.1 Å². The van der Waals surface area contributed by atoms with Crippen molar-refractivity contribution in [3.05, 3.63) is 168 Å². The third kappa shape index (κ3) is 5.50. The number of rotatable bonds is 8. The number of hydrogen-bond donors (Lipinski definition) is 0. The average molecular weight is 799 g/mol. The first kappa shape index (κ1) is 37.2. The van der Waals surface area contributed by atoms with E-state index in [1.54, 1.807) is 0 Å². The van der Waals surface area contributed by atoms with Gasteiger partial charge >= 0.3 is 0 Å². The monoisotopic (exact) mass is 798 g/mol. The fourth-order valence-corrected chi connectivity index (χ4v) is 10.8. The van der Waals surface area contributed by atoms with Crippen molar-refractivity contribution in [1.82, 2.24) is 19.9 Å². The quantitative estimate of drug-likeness (QED) is 0.151. The van der Waals surface area contributed by atoms with Crippen LogP contribution >= 0.6 is 0 Å². The van der Waals surface area contributed by atoms with E-state index in [1.165, 1.54) is 27.9 Å². The number of aryl methyl sites for hydroxylation is 3. The Morgan fingerprint density at radius 3 is 1.39 bits per heavy atom. The second-order valence-electron chi connectivity index (χ2n) is 16.8. The van der Waals surface area contributed by atoms with Crippen LogP contribution in [-0.2, 0) is 18.3 Å². The summed E-state index contributed by atoms with van der Waals surface area (Å²) in [5.74, 6) is 3.36. The highest BCUT2D eigenvalue weighted by Gasteiger charge is 2.63. The molecule has 5 heterocycles. The van der Waals surface area contributed by atoms with Gasteiger partial charge < -0.3 is 19.6 Å². The normalized spacial score (nSPS) is 18.7. The van der Waals surface area contributed by atoms with Crippen molar-refractivity contribution in [3.8, 4) is 0 Å². The van der Waals surface area contributed by atoms with E-state index >= 15 is 0 Å². The van der Waals surface area contributed by atoms with Gasteiger partial charge in [0.25, 0.3) is 0 Å². The Labute approximate surface area is 358 Å². The minimum Gasteiger partial charge on any atom is -0.301 e. The average Bonchev–Trinajstić information content (AvgIpc) is 3.81. The Morgan fingerprint density at radius 2 is 0.885 bits per heavy atom. The van der Waals surface area contributed by atoms with Crippen LogP contribution in [0, 0.1) is 12.8 Å². The molecule has 2 aromatic heterocycles. The summed E-state index contributed by atoms with van der Waals surface area (Å²) in [5.41, 5.74) is 12.8. The Kier molecular flexibility index (Phi) is 8.81. The number of hydrogen-bond acceptors (Lipinski definition) is 8. The molecule has 3 aliphatic heterocycles. The topological polar surface area (TPSA) is 64.5 Å². The van der Waals surface area contributed by atoms with E-state index in [4.69, 9.17) is 19.9 Å². The lowest BCUT2D eigenvalue weighted by molar-refractivity contribution is 0.171. The van der Waals surface area contributed by atoms with E-state index in [1.807, 2.05) is 0 Å². The zero-order valence-electron chi connectivity index (χ0n) is 35.5. The van der Waals surface area contributed by atoms with E-state index in [0.29, 0.717) is 0 Å². The van der Waals surface area contributed by atoms with E-state index in [0.717, 1.165) is 88.1 Å². The summed E-state index contributed by atoms with van der Waals surface area (Å²) in [4.78, 5) is 32.4. The van der Waals surface area contributed by atoms with Crippen LogP contribution in [0.4, 0.5) is 46.0 Å². The van der Waals surface area contributed by atoms with Crippen LogP contribution in [0.15, 0.2) is 146 Å².